The van der Waals surface area contributed by atoms with E-state index in [9.17, 15) is 26.7 Å². The zero-order chi connectivity index (χ0) is 17.1. The van der Waals surface area contributed by atoms with Gasteiger partial charge in [0.1, 0.15) is 11.8 Å². The third kappa shape index (κ3) is 4.44. The van der Waals surface area contributed by atoms with Crippen LogP contribution in [0.5, 0.6) is 5.75 Å². The molecule has 1 atom stereocenters. The molecule has 1 aromatic rings. The van der Waals surface area contributed by atoms with Gasteiger partial charge >= 0.3 is 18.3 Å². The summed E-state index contributed by atoms with van der Waals surface area (Å²) in [7, 11) is 0. The predicted molar refractivity (Wildman–Crippen MR) is 66.6 cm³/mol. The maximum atomic E-state index is 13.7. The van der Waals surface area contributed by atoms with Crippen molar-refractivity contribution in [1.29, 1.82) is 0 Å². The van der Waals surface area contributed by atoms with Crippen LogP contribution >= 0.6 is 11.6 Å². The van der Waals surface area contributed by atoms with Crippen LogP contribution in [0.1, 0.15) is 18.5 Å². The number of halogens is 6. The van der Waals surface area contributed by atoms with Crippen LogP contribution in [-0.2, 0) is 9.53 Å². The number of carbonyl (C=O) groups excluding carboxylic acids is 1. The molecule has 10 heteroatoms. The molecule has 22 heavy (non-hydrogen) atoms. The van der Waals surface area contributed by atoms with Crippen LogP contribution in [0.15, 0.2) is 18.2 Å². The van der Waals surface area contributed by atoms with Gasteiger partial charge < -0.3 is 15.2 Å². The highest BCUT2D eigenvalue weighted by Crippen LogP contribution is 2.36. The quantitative estimate of drug-likeness (QED) is 0.655. The van der Waals surface area contributed by atoms with Gasteiger partial charge in [0.05, 0.1) is 11.6 Å². The van der Waals surface area contributed by atoms with Crippen molar-refractivity contribution in [3.8, 4) is 5.75 Å². The second-order valence-electron chi connectivity index (χ2n) is 4.06. The molecule has 0 saturated carbocycles. The zero-order valence-corrected chi connectivity index (χ0v) is 11.8. The fraction of sp³-hybridized carbons (Fsp3) is 0.417. The number of carbonyl (C=O) groups is 1. The van der Waals surface area contributed by atoms with Crippen LogP contribution < -0.4 is 10.5 Å². The van der Waals surface area contributed by atoms with E-state index in [1.54, 1.807) is 0 Å². The van der Waals surface area contributed by atoms with Crippen molar-refractivity contribution >= 4 is 17.6 Å². The minimum absolute atomic E-state index is 0.278. The molecule has 0 unspecified atom stereocenters. The monoisotopic (exact) mass is 347 g/mol. The summed E-state index contributed by atoms with van der Waals surface area (Å²) in [5.41, 5.74) is 4.93. The summed E-state index contributed by atoms with van der Waals surface area (Å²) in [6, 6.07) is 0.209. The smallest absolute Gasteiger partial charge is 0.462 e. The fourth-order valence-electron chi connectivity index (χ4n) is 1.48. The summed E-state index contributed by atoms with van der Waals surface area (Å²) in [5.74, 6) is -6.68. The standard InChI is InChI=1S/C12H11ClF5NO3/c1-2-21-10(20)11(14,15)9(19)6-3-4-8(7(13)5-6)22-12(16,17)18/h3-5,9H,2,19H2,1H3/t9-/m1/s1. The van der Waals surface area contributed by atoms with Crippen molar-refractivity contribution in [2.75, 3.05) is 6.61 Å². The van der Waals surface area contributed by atoms with Crippen LogP contribution in [0.25, 0.3) is 0 Å². The average molecular weight is 348 g/mol. The Kier molecular flexibility index (Phi) is 5.58. The van der Waals surface area contributed by atoms with Gasteiger partial charge in [-0.1, -0.05) is 17.7 Å². The molecule has 124 valence electrons. The molecule has 0 heterocycles. The lowest BCUT2D eigenvalue weighted by Crippen LogP contribution is -2.41. The highest BCUT2D eigenvalue weighted by atomic mass is 35.5. The largest absolute Gasteiger partial charge is 0.573 e. The molecule has 0 bridgehead atoms. The molecule has 2 N–H and O–H groups in total. The highest BCUT2D eigenvalue weighted by molar-refractivity contribution is 6.32. The first-order chi connectivity index (χ1) is 9.99. The molecule has 0 aromatic heterocycles. The first-order valence-corrected chi connectivity index (χ1v) is 6.22. The Morgan fingerprint density at radius 2 is 1.91 bits per heavy atom. The molecule has 0 fully saturated rings. The lowest BCUT2D eigenvalue weighted by molar-refractivity contribution is -0.274. The van der Waals surface area contributed by atoms with Crippen LogP contribution in [0.3, 0.4) is 0 Å². The Hall–Kier alpha value is -1.61. The lowest BCUT2D eigenvalue weighted by Gasteiger charge is -2.22. The number of rotatable bonds is 5. The van der Waals surface area contributed by atoms with Gasteiger partial charge in [0.25, 0.3) is 0 Å². The van der Waals surface area contributed by atoms with Crippen molar-refractivity contribution in [3.63, 3.8) is 0 Å². The maximum Gasteiger partial charge on any atom is 0.573 e. The van der Waals surface area contributed by atoms with Crippen LogP contribution in [0.4, 0.5) is 22.0 Å². The Morgan fingerprint density at radius 3 is 2.36 bits per heavy atom. The van der Waals surface area contributed by atoms with E-state index in [-0.39, 0.29) is 12.2 Å². The molecule has 0 radical (unpaired) electrons. The van der Waals surface area contributed by atoms with Crippen molar-refractivity contribution in [3.05, 3.63) is 28.8 Å². The summed E-state index contributed by atoms with van der Waals surface area (Å²) in [4.78, 5) is 11.2. The molecule has 1 rings (SSSR count). The molecular weight excluding hydrogens is 337 g/mol. The first-order valence-electron chi connectivity index (χ1n) is 5.84. The summed E-state index contributed by atoms with van der Waals surface area (Å²) in [5, 5.41) is -0.579. The molecule has 0 aliphatic heterocycles. The van der Waals surface area contributed by atoms with E-state index in [0.717, 1.165) is 18.2 Å². The van der Waals surface area contributed by atoms with Gasteiger partial charge in [0.2, 0.25) is 0 Å². The normalized spacial score (nSPS) is 13.6. The van der Waals surface area contributed by atoms with E-state index < -0.39 is 35.1 Å². The summed E-state index contributed by atoms with van der Waals surface area (Å²) >= 11 is 5.53. The summed E-state index contributed by atoms with van der Waals surface area (Å²) in [6.07, 6.45) is -4.98. The van der Waals surface area contributed by atoms with Gasteiger partial charge in [0, 0.05) is 0 Å². The number of hydrogen-bond donors (Lipinski definition) is 1. The van der Waals surface area contributed by atoms with Crippen molar-refractivity contribution < 1.29 is 36.2 Å². The van der Waals surface area contributed by atoms with E-state index in [1.807, 2.05) is 0 Å². The minimum atomic E-state index is -4.98. The number of nitrogens with two attached hydrogens (primary N) is 1. The van der Waals surface area contributed by atoms with Crippen molar-refractivity contribution in [1.82, 2.24) is 0 Å². The van der Waals surface area contributed by atoms with Gasteiger partial charge in [-0.25, -0.2) is 4.79 Å². The van der Waals surface area contributed by atoms with Gasteiger partial charge in [-0.3, -0.25) is 0 Å². The number of alkyl halides is 5. The van der Waals surface area contributed by atoms with Gasteiger partial charge in [-0.2, -0.15) is 8.78 Å². The van der Waals surface area contributed by atoms with E-state index in [4.69, 9.17) is 17.3 Å². The molecule has 0 spiro atoms. The molecule has 0 amide bonds. The minimum Gasteiger partial charge on any atom is -0.462 e. The van der Waals surface area contributed by atoms with Crippen LogP contribution in [0, 0.1) is 0 Å². The molecular formula is C12H11ClF5NO3. The summed E-state index contributed by atoms with van der Waals surface area (Å²) in [6.45, 7) is 1.06. The van der Waals surface area contributed by atoms with E-state index in [1.165, 1.54) is 6.92 Å². The Bertz CT molecular complexity index is 550. The molecule has 1 aromatic carbocycles. The van der Waals surface area contributed by atoms with Gasteiger partial charge in [-0.15, -0.1) is 13.2 Å². The molecule has 4 nitrogen and oxygen atoms in total. The second kappa shape index (κ2) is 6.66. The van der Waals surface area contributed by atoms with Crippen LogP contribution in [0.2, 0.25) is 5.02 Å². The number of hydrogen-bond acceptors (Lipinski definition) is 4. The third-order valence-corrected chi connectivity index (χ3v) is 2.77. The maximum absolute atomic E-state index is 13.7. The Labute approximate surface area is 126 Å². The SMILES string of the molecule is CCOC(=O)C(F)(F)[C@H](N)c1ccc(OC(F)(F)F)c(Cl)c1. The zero-order valence-electron chi connectivity index (χ0n) is 11.1. The number of esters is 1. The van der Waals surface area contributed by atoms with E-state index in [2.05, 4.69) is 9.47 Å². The molecule has 0 saturated heterocycles. The van der Waals surface area contributed by atoms with E-state index >= 15 is 0 Å². The molecule has 0 aliphatic carbocycles. The first kappa shape index (κ1) is 18.4. The Morgan fingerprint density at radius 1 is 1.32 bits per heavy atom. The average Bonchev–Trinajstić information content (AvgIpc) is 2.39. The topological polar surface area (TPSA) is 61.5 Å². The highest BCUT2D eigenvalue weighted by Gasteiger charge is 2.48. The van der Waals surface area contributed by atoms with Crippen molar-refractivity contribution in [2.24, 2.45) is 5.73 Å². The van der Waals surface area contributed by atoms with Crippen molar-refractivity contribution in [2.45, 2.75) is 25.3 Å². The summed E-state index contributed by atoms with van der Waals surface area (Å²) < 4.78 is 71.5. The van der Waals surface area contributed by atoms with Gasteiger partial charge in [0.15, 0.2) is 0 Å². The van der Waals surface area contributed by atoms with E-state index in [0.29, 0.717) is 0 Å². The fourth-order valence-corrected chi connectivity index (χ4v) is 1.71. The number of benzene rings is 1. The Balaban J connectivity index is 3.03. The molecule has 0 aliphatic rings. The number of ether oxygens (including phenoxy) is 2. The van der Waals surface area contributed by atoms with Crippen LogP contribution in [-0.4, -0.2) is 24.9 Å². The third-order valence-electron chi connectivity index (χ3n) is 2.48. The predicted octanol–water partition coefficient (Wildman–Crippen LogP) is 3.44. The van der Waals surface area contributed by atoms with Gasteiger partial charge in [-0.05, 0) is 24.6 Å². The lowest BCUT2D eigenvalue weighted by atomic mass is 10.0. The second-order valence-corrected chi connectivity index (χ2v) is 4.47.